The zero-order valence-electron chi connectivity index (χ0n) is 12.5. The van der Waals surface area contributed by atoms with Crippen LogP contribution in [0.25, 0.3) is 10.8 Å². The molecule has 2 aliphatic carbocycles. The molecule has 0 aromatic heterocycles. The summed E-state index contributed by atoms with van der Waals surface area (Å²) in [6.07, 6.45) is 3.63. The summed E-state index contributed by atoms with van der Waals surface area (Å²) in [5.41, 5.74) is 1.22. The van der Waals surface area contributed by atoms with Gasteiger partial charge in [-0.15, -0.1) is 0 Å². The first-order valence-electron chi connectivity index (χ1n) is 7.93. The predicted octanol–water partition coefficient (Wildman–Crippen LogP) is 3.84. The van der Waals surface area contributed by atoms with Crippen LogP contribution in [0.1, 0.15) is 24.8 Å². The van der Waals surface area contributed by atoms with E-state index in [0.717, 1.165) is 31.2 Å². The molecule has 0 N–H and O–H groups in total. The van der Waals surface area contributed by atoms with Crippen molar-refractivity contribution in [3.05, 3.63) is 48.0 Å². The Bertz CT molecular complexity index is 683. The van der Waals surface area contributed by atoms with E-state index in [0.29, 0.717) is 11.8 Å². The molecule has 4 rings (SSSR count). The van der Waals surface area contributed by atoms with Gasteiger partial charge in [-0.05, 0) is 53.5 Å². The zero-order valence-corrected chi connectivity index (χ0v) is 12.5. The Balaban J connectivity index is 1.47. The molecule has 108 valence electrons. The lowest BCUT2D eigenvalue weighted by molar-refractivity contribution is -0.134. The van der Waals surface area contributed by atoms with Crippen LogP contribution in [0.4, 0.5) is 0 Å². The van der Waals surface area contributed by atoms with Gasteiger partial charge < -0.3 is 4.90 Å². The first-order chi connectivity index (χ1) is 10.2. The molecule has 2 aliphatic rings. The minimum atomic E-state index is 0.291. The van der Waals surface area contributed by atoms with Crippen LogP contribution in [-0.4, -0.2) is 17.9 Å². The highest BCUT2D eigenvalue weighted by molar-refractivity contribution is 5.83. The maximum absolute atomic E-state index is 12.5. The van der Waals surface area contributed by atoms with Gasteiger partial charge in [-0.25, -0.2) is 0 Å². The number of nitrogens with zero attached hydrogens (tertiary/aromatic N) is 1. The SMILES string of the molecule is CN(Cc1ccc2ccccc2c1)C(=O)C1CC2CC2C1. The fraction of sp³-hybridized carbons (Fsp3) is 0.421. The van der Waals surface area contributed by atoms with E-state index in [1.165, 1.54) is 22.8 Å². The topological polar surface area (TPSA) is 20.3 Å². The van der Waals surface area contributed by atoms with Crippen LogP contribution in [-0.2, 0) is 11.3 Å². The number of hydrogen-bond donors (Lipinski definition) is 0. The molecule has 0 radical (unpaired) electrons. The predicted molar refractivity (Wildman–Crippen MR) is 84.7 cm³/mol. The van der Waals surface area contributed by atoms with Crippen LogP contribution < -0.4 is 0 Å². The monoisotopic (exact) mass is 279 g/mol. The van der Waals surface area contributed by atoms with Crippen LogP contribution in [0.2, 0.25) is 0 Å². The van der Waals surface area contributed by atoms with Crippen molar-refractivity contribution in [1.29, 1.82) is 0 Å². The third-order valence-corrected chi connectivity index (χ3v) is 5.20. The largest absolute Gasteiger partial charge is 0.341 e. The molecule has 2 nitrogen and oxygen atoms in total. The van der Waals surface area contributed by atoms with Gasteiger partial charge in [-0.3, -0.25) is 4.79 Å². The van der Waals surface area contributed by atoms with E-state index in [-0.39, 0.29) is 0 Å². The van der Waals surface area contributed by atoms with E-state index in [9.17, 15) is 4.79 Å². The number of carbonyl (C=O) groups excluding carboxylic acids is 1. The Hall–Kier alpha value is -1.83. The van der Waals surface area contributed by atoms with Gasteiger partial charge >= 0.3 is 0 Å². The standard InChI is InChI=1S/C19H21NO/c1-20(19(21)18-10-16-9-17(16)11-18)12-13-6-7-14-4-2-3-5-15(14)8-13/h2-8,16-18H,9-12H2,1H3. The number of rotatable bonds is 3. The summed E-state index contributed by atoms with van der Waals surface area (Å²) in [5.74, 6) is 2.37. The molecule has 2 fully saturated rings. The summed E-state index contributed by atoms with van der Waals surface area (Å²) >= 11 is 0. The second kappa shape index (κ2) is 4.87. The number of benzene rings is 2. The summed E-state index contributed by atoms with van der Waals surface area (Å²) < 4.78 is 0. The summed E-state index contributed by atoms with van der Waals surface area (Å²) in [6.45, 7) is 0.718. The second-order valence-electron chi connectivity index (χ2n) is 6.80. The third kappa shape index (κ3) is 2.44. The average molecular weight is 279 g/mol. The van der Waals surface area contributed by atoms with Gasteiger partial charge in [0.25, 0.3) is 0 Å². The van der Waals surface area contributed by atoms with Crippen LogP contribution in [0.5, 0.6) is 0 Å². The van der Waals surface area contributed by atoms with E-state index in [1.807, 2.05) is 11.9 Å². The highest BCUT2D eigenvalue weighted by Gasteiger charge is 2.48. The third-order valence-electron chi connectivity index (χ3n) is 5.20. The van der Waals surface area contributed by atoms with Crippen molar-refractivity contribution in [3.63, 3.8) is 0 Å². The molecule has 2 unspecified atom stereocenters. The Morgan fingerprint density at radius 2 is 1.76 bits per heavy atom. The van der Waals surface area contributed by atoms with Crippen LogP contribution in [0.3, 0.4) is 0 Å². The van der Waals surface area contributed by atoms with Gasteiger partial charge in [0.1, 0.15) is 0 Å². The van der Waals surface area contributed by atoms with Crippen molar-refractivity contribution < 1.29 is 4.79 Å². The summed E-state index contributed by atoms with van der Waals surface area (Å²) in [6, 6.07) is 14.9. The Morgan fingerprint density at radius 3 is 2.52 bits per heavy atom. The minimum Gasteiger partial charge on any atom is -0.341 e. The van der Waals surface area contributed by atoms with Crippen molar-refractivity contribution in [2.24, 2.45) is 17.8 Å². The van der Waals surface area contributed by atoms with Gasteiger partial charge in [0.2, 0.25) is 5.91 Å². The van der Waals surface area contributed by atoms with Crippen molar-refractivity contribution >= 4 is 16.7 Å². The smallest absolute Gasteiger partial charge is 0.225 e. The normalized spacial score (nSPS) is 26.6. The molecule has 0 heterocycles. The van der Waals surface area contributed by atoms with Crippen LogP contribution in [0, 0.1) is 17.8 Å². The van der Waals surface area contributed by atoms with E-state index in [2.05, 4.69) is 42.5 Å². The lowest BCUT2D eigenvalue weighted by atomic mass is 10.0. The van der Waals surface area contributed by atoms with Gasteiger partial charge in [0, 0.05) is 19.5 Å². The number of fused-ring (bicyclic) bond motifs is 2. The van der Waals surface area contributed by atoms with Crippen LogP contribution >= 0.6 is 0 Å². The molecule has 1 amide bonds. The van der Waals surface area contributed by atoms with E-state index < -0.39 is 0 Å². The maximum atomic E-state index is 12.5. The summed E-state index contributed by atoms with van der Waals surface area (Å²) in [4.78, 5) is 14.4. The molecule has 2 aromatic carbocycles. The van der Waals surface area contributed by atoms with Crippen molar-refractivity contribution in [2.45, 2.75) is 25.8 Å². The lowest BCUT2D eigenvalue weighted by Crippen LogP contribution is -2.31. The molecule has 2 heteroatoms. The molecular formula is C19H21NO. The quantitative estimate of drug-likeness (QED) is 0.836. The molecule has 2 saturated carbocycles. The summed E-state index contributed by atoms with van der Waals surface area (Å²) in [7, 11) is 1.95. The zero-order chi connectivity index (χ0) is 14.4. The van der Waals surface area contributed by atoms with Gasteiger partial charge in [-0.2, -0.15) is 0 Å². The van der Waals surface area contributed by atoms with Crippen LogP contribution in [0.15, 0.2) is 42.5 Å². The molecule has 2 atom stereocenters. The molecular weight excluding hydrogens is 258 g/mol. The molecule has 0 aliphatic heterocycles. The molecule has 0 bridgehead atoms. The molecule has 0 saturated heterocycles. The van der Waals surface area contributed by atoms with Gasteiger partial charge in [0.05, 0.1) is 0 Å². The highest BCUT2D eigenvalue weighted by atomic mass is 16.2. The summed E-state index contributed by atoms with van der Waals surface area (Å²) in [5, 5.41) is 2.50. The van der Waals surface area contributed by atoms with Crippen molar-refractivity contribution in [1.82, 2.24) is 4.90 Å². The lowest BCUT2D eigenvalue weighted by Gasteiger charge is -2.22. The fourth-order valence-corrected chi connectivity index (χ4v) is 3.92. The van der Waals surface area contributed by atoms with Gasteiger partial charge in [0.15, 0.2) is 0 Å². The second-order valence-corrected chi connectivity index (χ2v) is 6.80. The fourth-order valence-electron chi connectivity index (χ4n) is 3.92. The average Bonchev–Trinajstić information content (AvgIpc) is 3.12. The van der Waals surface area contributed by atoms with Crippen molar-refractivity contribution in [2.75, 3.05) is 7.05 Å². The van der Waals surface area contributed by atoms with E-state index in [1.54, 1.807) is 0 Å². The molecule has 2 aromatic rings. The number of amides is 1. The Kier molecular flexibility index (Phi) is 2.99. The molecule has 21 heavy (non-hydrogen) atoms. The number of hydrogen-bond acceptors (Lipinski definition) is 1. The van der Waals surface area contributed by atoms with E-state index in [4.69, 9.17) is 0 Å². The van der Waals surface area contributed by atoms with E-state index >= 15 is 0 Å². The first-order valence-corrected chi connectivity index (χ1v) is 7.93. The Labute approximate surface area is 125 Å². The first kappa shape index (κ1) is 12.9. The minimum absolute atomic E-state index is 0.291. The number of carbonyl (C=O) groups is 1. The van der Waals surface area contributed by atoms with Crippen molar-refractivity contribution in [3.8, 4) is 0 Å². The Morgan fingerprint density at radius 1 is 1.05 bits per heavy atom. The maximum Gasteiger partial charge on any atom is 0.225 e. The highest BCUT2D eigenvalue weighted by Crippen LogP contribution is 2.54. The van der Waals surface area contributed by atoms with Gasteiger partial charge in [-0.1, -0.05) is 36.4 Å². The molecule has 0 spiro atoms.